The highest BCUT2D eigenvalue weighted by atomic mass is 32.1. The average molecular weight is 251 g/mol. The van der Waals surface area contributed by atoms with Crippen molar-refractivity contribution >= 4 is 17.3 Å². The minimum Gasteiger partial charge on any atom is -0.477 e. The van der Waals surface area contributed by atoms with Crippen LogP contribution >= 0.6 is 11.3 Å². The molecule has 88 valence electrons. The van der Waals surface area contributed by atoms with Crippen LogP contribution in [0.2, 0.25) is 0 Å². The summed E-state index contributed by atoms with van der Waals surface area (Å²) < 4.78 is 13.5. The van der Waals surface area contributed by atoms with Gasteiger partial charge in [-0.05, 0) is 18.6 Å². The lowest BCUT2D eigenvalue weighted by atomic mass is 10.2. The molecule has 0 bridgehead atoms. The second-order valence-electron chi connectivity index (χ2n) is 3.43. The van der Waals surface area contributed by atoms with E-state index in [-0.39, 0.29) is 10.7 Å². The number of hydrogen-bond acceptors (Lipinski definition) is 3. The summed E-state index contributed by atoms with van der Waals surface area (Å²) in [4.78, 5) is 15.4. The molecular weight excluding hydrogens is 241 g/mol. The van der Waals surface area contributed by atoms with Crippen molar-refractivity contribution in [2.75, 3.05) is 0 Å². The summed E-state index contributed by atoms with van der Waals surface area (Å²) in [6.07, 6.45) is 0.520. The van der Waals surface area contributed by atoms with Crippen LogP contribution in [0.15, 0.2) is 24.3 Å². The van der Waals surface area contributed by atoms with E-state index in [9.17, 15) is 9.18 Å². The first-order valence-electron chi connectivity index (χ1n) is 5.11. The largest absolute Gasteiger partial charge is 0.477 e. The molecule has 2 aromatic rings. The number of rotatable bonds is 3. The molecule has 2 rings (SSSR count). The van der Waals surface area contributed by atoms with Crippen LogP contribution in [0, 0.1) is 5.82 Å². The summed E-state index contributed by atoms with van der Waals surface area (Å²) in [5.74, 6) is -1.40. The van der Waals surface area contributed by atoms with Crippen molar-refractivity contribution in [1.29, 1.82) is 0 Å². The molecule has 0 aliphatic rings. The van der Waals surface area contributed by atoms with E-state index in [1.54, 1.807) is 18.2 Å². The van der Waals surface area contributed by atoms with Crippen molar-refractivity contribution in [3.8, 4) is 10.6 Å². The van der Waals surface area contributed by atoms with Gasteiger partial charge in [-0.25, -0.2) is 14.2 Å². The van der Waals surface area contributed by atoms with Gasteiger partial charge in [0, 0.05) is 5.56 Å². The Balaban J connectivity index is 2.54. The number of aromatic nitrogens is 1. The maximum Gasteiger partial charge on any atom is 0.347 e. The Morgan fingerprint density at radius 1 is 1.47 bits per heavy atom. The number of carbonyl (C=O) groups is 1. The molecule has 0 atom stereocenters. The Hall–Kier alpha value is -1.75. The molecule has 5 heteroatoms. The van der Waals surface area contributed by atoms with Gasteiger partial charge in [-0.3, -0.25) is 0 Å². The normalized spacial score (nSPS) is 10.5. The molecule has 1 N–H and O–H groups in total. The first-order chi connectivity index (χ1) is 8.13. The maximum absolute atomic E-state index is 13.5. The van der Waals surface area contributed by atoms with Crippen LogP contribution in [0.4, 0.5) is 4.39 Å². The minimum atomic E-state index is -1.01. The van der Waals surface area contributed by atoms with Gasteiger partial charge < -0.3 is 5.11 Å². The number of aromatic carboxylic acids is 1. The average Bonchev–Trinajstić information content (AvgIpc) is 2.73. The van der Waals surface area contributed by atoms with Gasteiger partial charge in [-0.2, -0.15) is 0 Å². The standard InChI is InChI=1S/C12H10FNO2S/c1-2-9-10(12(15)16)17-11(14-9)7-5-3-4-6-8(7)13/h3-6H,2H2,1H3,(H,15,16). The Morgan fingerprint density at radius 2 is 2.18 bits per heavy atom. The van der Waals surface area contributed by atoms with Crippen molar-refractivity contribution in [2.45, 2.75) is 13.3 Å². The number of carboxylic acid groups (broad SMARTS) is 1. The first-order valence-corrected chi connectivity index (χ1v) is 5.93. The molecule has 3 nitrogen and oxygen atoms in total. The van der Waals surface area contributed by atoms with E-state index in [0.29, 0.717) is 22.7 Å². The van der Waals surface area contributed by atoms with Crippen LogP contribution in [0.5, 0.6) is 0 Å². The van der Waals surface area contributed by atoms with Crippen molar-refractivity contribution in [2.24, 2.45) is 0 Å². The fourth-order valence-corrected chi connectivity index (χ4v) is 2.53. The van der Waals surface area contributed by atoms with Crippen molar-refractivity contribution in [1.82, 2.24) is 4.98 Å². The van der Waals surface area contributed by atoms with Crippen LogP contribution in [-0.4, -0.2) is 16.1 Å². The van der Waals surface area contributed by atoms with Gasteiger partial charge in [-0.15, -0.1) is 11.3 Å². The lowest BCUT2D eigenvalue weighted by molar-refractivity contribution is 0.0701. The predicted octanol–water partition coefficient (Wildman–Crippen LogP) is 3.21. The smallest absolute Gasteiger partial charge is 0.347 e. The highest BCUT2D eigenvalue weighted by Crippen LogP contribution is 2.30. The zero-order valence-electron chi connectivity index (χ0n) is 9.11. The molecule has 0 spiro atoms. The van der Waals surface area contributed by atoms with Crippen LogP contribution in [0.3, 0.4) is 0 Å². The molecule has 1 heterocycles. The van der Waals surface area contributed by atoms with E-state index in [2.05, 4.69) is 4.98 Å². The zero-order valence-corrected chi connectivity index (χ0v) is 9.92. The van der Waals surface area contributed by atoms with Crippen LogP contribution in [0.1, 0.15) is 22.3 Å². The Labute approximate surface area is 102 Å². The zero-order chi connectivity index (χ0) is 12.4. The molecule has 0 radical (unpaired) electrons. The molecule has 1 aromatic heterocycles. The van der Waals surface area contributed by atoms with Gasteiger partial charge >= 0.3 is 5.97 Å². The Morgan fingerprint density at radius 3 is 2.71 bits per heavy atom. The summed E-state index contributed by atoms with van der Waals surface area (Å²) in [6, 6.07) is 6.22. The molecule has 0 unspecified atom stereocenters. The summed E-state index contributed by atoms with van der Waals surface area (Å²) >= 11 is 1.01. The highest BCUT2D eigenvalue weighted by Gasteiger charge is 2.18. The Bertz CT molecular complexity index is 565. The summed E-state index contributed by atoms with van der Waals surface area (Å²) in [7, 11) is 0. The lowest BCUT2D eigenvalue weighted by Gasteiger charge is -1.96. The van der Waals surface area contributed by atoms with E-state index in [0.717, 1.165) is 11.3 Å². The number of aryl methyl sites for hydroxylation is 1. The molecule has 0 aliphatic carbocycles. The third kappa shape index (κ3) is 2.19. The third-order valence-corrected chi connectivity index (χ3v) is 3.45. The third-order valence-electron chi connectivity index (χ3n) is 2.33. The fourth-order valence-electron chi connectivity index (χ4n) is 1.51. The number of benzene rings is 1. The van der Waals surface area contributed by atoms with Crippen molar-refractivity contribution in [3.05, 3.63) is 40.7 Å². The van der Waals surface area contributed by atoms with Gasteiger partial charge in [-0.1, -0.05) is 19.1 Å². The van der Waals surface area contributed by atoms with E-state index in [1.165, 1.54) is 6.07 Å². The van der Waals surface area contributed by atoms with Crippen LogP contribution in [0.25, 0.3) is 10.6 Å². The molecule has 17 heavy (non-hydrogen) atoms. The SMILES string of the molecule is CCc1nc(-c2ccccc2F)sc1C(=O)O. The van der Waals surface area contributed by atoms with Crippen molar-refractivity contribution < 1.29 is 14.3 Å². The van der Waals surface area contributed by atoms with Gasteiger partial charge in [0.2, 0.25) is 0 Å². The van der Waals surface area contributed by atoms with Crippen LogP contribution in [-0.2, 0) is 6.42 Å². The fraction of sp³-hybridized carbons (Fsp3) is 0.167. The summed E-state index contributed by atoms with van der Waals surface area (Å²) in [5.41, 5.74) is 0.848. The highest BCUT2D eigenvalue weighted by molar-refractivity contribution is 7.17. The molecular formula is C12H10FNO2S. The monoisotopic (exact) mass is 251 g/mol. The van der Waals surface area contributed by atoms with E-state index < -0.39 is 5.97 Å². The summed E-state index contributed by atoms with van der Waals surface area (Å²) in [6.45, 7) is 1.83. The number of carboxylic acids is 1. The minimum absolute atomic E-state index is 0.186. The quantitative estimate of drug-likeness (QED) is 0.911. The molecule has 0 fully saturated rings. The topological polar surface area (TPSA) is 50.2 Å². The van der Waals surface area contributed by atoms with Crippen molar-refractivity contribution in [3.63, 3.8) is 0 Å². The second kappa shape index (κ2) is 4.63. The lowest BCUT2D eigenvalue weighted by Crippen LogP contribution is -1.97. The van der Waals surface area contributed by atoms with Gasteiger partial charge in [0.1, 0.15) is 15.7 Å². The maximum atomic E-state index is 13.5. The molecule has 0 saturated heterocycles. The second-order valence-corrected chi connectivity index (χ2v) is 4.43. The number of hydrogen-bond donors (Lipinski definition) is 1. The summed E-state index contributed by atoms with van der Waals surface area (Å²) in [5, 5.41) is 9.42. The molecule has 0 saturated carbocycles. The van der Waals surface area contributed by atoms with Gasteiger partial charge in [0.15, 0.2) is 0 Å². The van der Waals surface area contributed by atoms with Gasteiger partial charge in [0.25, 0.3) is 0 Å². The Kier molecular flexibility index (Phi) is 3.19. The van der Waals surface area contributed by atoms with E-state index in [1.807, 2.05) is 6.92 Å². The van der Waals surface area contributed by atoms with Crippen LogP contribution < -0.4 is 0 Å². The predicted molar refractivity (Wildman–Crippen MR) is 63.8 cm³/mol. The molecule has 0 aliphatic heterocycles. The van der Waals surface area contributed by atoms with E-state index in [4.69, 9.17) is 5.11 Å². The number of thiazole rings is 1. The molecule has 1 aromatic carbocycles. The first kappa shape index (κ1) is 11.7. The number of halogens is 1. The van der Waals surface area contributed by atoms with E-state index >= 15 is 0 Å². The van der Waals surface area contributed by atoms with Gasteiger partial charge in [0.05, 0.1) is 5.69 Å². The number of nitrogens with zero attached hydrogens (tertiary/aromatic N) is 1. The molecule has 0 amide bonds.